The lowest BCUT2D eigenvalue weighted by atomic mass is 10.3. The molecule has 4 aromatic rings. The van der Waals surface area contributed by atoms with E-state index in [4.69, 9.17) is 0 Å². The second-order valence-electron chi connectivity index (χ2n) is 6.49. The van der Waals surface area contributed by atoms with E-state index in [-0.39, 0.29) is 6.07 Å². The molecule has 0 atom stereocenters. The lowest BCUT2D eigenvalue weighted by Crippen LogP contribution is -2.42. The van der Waals surface area contributed by atoms with Crippen molar-refractivity contribution in [1.29, 1.82) is 0 Å². The van der Waals surface area contributed by atoms with E-state index in [1.54, 1.807) is 91.0 Å². The molecular weight excluding hydrogens is 395 g/mol. The first-order valence-electron chi connectivity index (χ1n) is 8.96. The van der Waals surface area contributed by atoms with Gasteiger partial charge in [-0.2, -0.15) is 8.78 Å². The van der Waals surface area contributed by atoms with Gasteiger partial charge in [-0.3, -0.25) is 0 Å². The number of hydrogen-bond donors (Lipinski definition) is 0. The maximum absolute atomic E-state index is 15.2. The van der Waals surface area contributed by atoms with E-state index in [0.29, 0.717) is 15.9 Å². The van der Waals surface area contributed by atoms with Gasteiger partial charge >= 0.3 is 0 Å². The molecule has 0 aliphatic heterocycles. The molecule has 0 aliphatic carbocycles. The Bertz CT molecular complexity index is 1010. The van der Waals surface area contributed by atoms with E-state index in [1.165, 1.54) is 0 Å². The van der Waals surface area contributed by atoms with Crippen molar-refractivity contribution in [2.75, 3.05) is 0 Å². The van der Waals surface area contributed by atoms with Crippen LogP contribution in [0.25, 0.3) is 0 Å². The molecule has 0 spiro atoms. The van der Waals surface area contributed by atoms with Crippen LogP contribution in [0.15, 0.2) is 97.1 Å². The summed E-state index contributed by atoms with van der Waals surface area (Å²) in [5.74, 6) is -5.56. The minimum absolute atomic E-state index is 0.254. The maximum Gasteiger partial charge on any atom is 0.205 e. The van der Waals surface area contributed by atoms with Gasteiger partial charge < -0.3 is 0 Å². The highest BCUT2D eigenvalue weighted by Gasteiger charge is 2.53. The predicted molar refractivity (Wildman–Crippen MR) is 111 cm³/mol. The Morgan fingerprint density at radius 2 is 0.759 bits per heavy atom. The smallest absolute Gasteiger partial charge is 0.203 e. The average molecular weight is 411 g/mol. The number of rotatable bonds is 4. The molecule has 0 amide bonds. The van der Waals surface area contributed by atoms with Crippen molar-refractivity contribution in [3.63, 3.8) is 0 Å². The van der Waals surface area contributed by atoms with Gasteiger partial charge in [0.25, 0.3) is 0 Å². The Hall–Kier alpha value is -2.97. The summed E-state index contributed by atoms with van der Waals surface area (Å²) in [5.41, 5.74) is 0. The highest BCUT2D eigenvalue weighted by atomic mass is 31.2. The molecule has 4 rings (SSSR count). The van der Waals surface area contributed by atoms with Gasteiger partial charge in [-0.1, -0.05) is 54.6 Å². The topological polar surface area (TPSA) is 0 Å². The monoisotopic (exact) mass is 411 g/mol. The molecule has 29 heavy (non-hydrogen) atoms. The van der Waals surface area contributed by atoms with Crippen molar-refractivity contribution in [3.05, 3.63) is 120 Å². The largest absolute Gasteiger partial charge is 0.205 e. The molecule has 0 unspecified atom stereocenters. The molecule has 0 heterocycles. The number of hydrogen-bond acceptors (Lipinski definition) is 0. The van der Waals surface area contributed by atoms with Crippen LogP contribution in [0.5, 0.6) is 0 Å². The molecule has 0 aromatic heterocycles. The van der Waals surface area contributed by atoms with Crippen LogP contribution in [0.3, 0.4) is 0 Å². The maximum atomic E-state index is 15.2. The Kier molecular flexibility index (Phi) is 5.21. The molecule has 0 nitrogen and oxygen atoms in total. The zero-order valence-electron chi connectivity index (χ0n) is 15.2. The van der Waals surface area contributed by atoms with Crippen LogP contribution >= 0.6 is 7.26 Å². The molecule has 0 radical (unpaired) electrons. The molecule has 0 saturated heterocycles. The van der Waals surface area contributed by atoms with Gasteiger partial charge in [0.15, 0.2) is 24.2 Å². The molecule has 0 bridgehead atoms. The molecule has 0 aliphatic rings. The van der Waals surface area contributed by atoms with Gasteiger partial charge in [0.05, 0.1) is 0 Å². The van der Waals surface area contributed by atoms with Crippen LogP contribution in [-0.4, -0.2) is 0 Å². The summed E-state index contributed by atoms with van der Waals surface area (Å²) < 4.78 is 59.1. The summed E-state index contributed by atoms with van der Waals surface area (Å²) >= 11 is 0. The minimum Gasteiger partial charge on any atom is -0.203 e. The van der Waals surface area contributed by atoms with Crippen molar-refractivity contribution < 1.29 is 17.6 Å². The average Bonchev–Trinajstić information content (AvgIpc) is 2.77. The fraction of sp³-hybridized carbons (Fsp3) is 0. The van der Waals surface area contributed by atoms with Crippen LogP contribution in [0.4, 0.5) is 17.6 Å². The second kappa shape index (κ2) is 7.81. The molecule has 0 N–H and O–H groups in total. The van der Waals surface area contributed by atoms with Crippen molar-refractivity contribution in [3.8, 4) is 0 Å². The molecule has 0 saturated carbocycles. The van der Waals surface area contributed by atoms with Gasteiger partial charge in [0.1, 0.15) is 15.9 Å². The molecule has 5 heteroatoms. The zero-order chi connectivity index (χ0) is 20.4. The van der Waals surface area contributed by atoms with Crippen molar-refractivity contribution in [1.82, 2.24) is 0 Å². The zero-order valence-corrected chi connectivity index (χ0v) is 16.1. The van der Waals surface area contributed by atoms with Gasteiger partial charge in [-0.25, -0.2) is 8.78 Å². The van der Waals surface area contributed by atoms with E-state index >= 15 is 8.78 Å². The summed E-state index contributed by atoms with van der Waals surface area (Å²) in [7, 11) is -3.26. The first-order valence-corrected chi connectivity index (χ1v) is 10.7. The molecular formula is C24H16F4P+. The van der Waals surface area contributed by atoms with E-state index in [2.05, 4.69) is 0 Å². The van der Waals surface area contributed by atoms with Crippen LogP contribution < -0.4 is 21.2 Å². The van der Waals surface area contributed by atoms with Crippen LogP contribution in [0.1, 0.15) is 0 Å². The third-order valence-corrected chi connectivity index (χ3v) is 9.14. The quantitative estimate of drug-likeness (QED) is 0.256. The minimum atomic E-state index is -3.26. The van der Waals surface area contributed by atoms with Gasteiger partial charge in [0.2, 0.25) is 11.6 Å². The van der Waals surface area contributed by atoms with E-state index in [0.717, 1.165) is 0 Å². The fourth-order valence-corrected chi connectivity index (χ4v) is 7.97. The first kappa shape index (κ1) is 19.4. The molecule has 144 valence electrons. The van der Waals surface area contributed by atoms with E-state index < -0.39 is 35.8 Å². The van der Waals surface area contributed by atoms with Crippen molar-refractivity contribution in [2.45, 2.75) is 0 Å². The SMILES string of the molecule is Fc1cc(F)c(F)c([P+](c2ccccc2)(c2ccccc2)c2ccccc2)c1F. The van der Waals surface area contributed by atoms with Gasteiger partial charge in [-0.05, 0) is 36.4 Å². The Morgan fingerprint density at radius 1 is 0.448 bits per heavy atom. The molecule has 0 fully saturated rings. The summed E-state index contributed by atoms with van der Waals surface area (Å²) in [6.07, 6.45) is 0. The van der Waals surface area contributed by atoms with Crippen LogP contribution in [0, 0.1) is 23.3 Å². The van der Waals surface area contributed by atoms with Gasteiger partial charge in [-0.15, -0.1) is 0 Å². The van der Waals surface area contributed by atoms with Crippen LogP contribution in [0.2, 0.25) is 0 Å². The van der Waals surface area contributed by atoms with Crippen LogP contribution in [-0.2, 0) is 0 Å². The second-order valence-corrected chi connectivity index (χ2v) is 9.83. The fourth-order valence-electron chi connectivity index (χ4n) is 3.64. The Labute approximate surface area is 166 Å². The van der Waals surface area contributed by atoms with E-state index in [9.17, 15) is 8.78 Å². The predicted octanol–water partition coefficient (Wildman–Crippen LogP) is 4.86. The number of halogens is 4. The van der Waals surface area contributed by atoms with E-state index in [1.807, 2.05) is 0 Å². The molecule has 4 aromatic carbocycles. The van der Waals surface area contributed by atoms with Gasteiger partial charge in [0, 0.05) is 6.07 Å². The third kappa shape index (κ3) is 3.14. The Balaban J connectivity index is 2.26. The standard InChI is InChI=1S/C24H16F4P/c25-20-16-21(26)23(28)24(22(20)27)29(17-10-4-1-5-11-17,18-12-6-2-7-13-18)19-14-8-3-9-15-19/h1-16H/q+1. The summed E-state index contributed by atoms with van der Waals surface area (Å²) in [6, 6.07) is 26.6. The normalized spacial score (nSPS) is 11.4. The van der Waals surface area contributed by atoms with Crippen molar-refractivity contribution >= 4 is 28.5 Å². The lowest BCUT2D eigenvalue weighted by molar-refractivity contribution is 0.463. The third-order valence-electron chi connectivity index (χ3n) is 4.85. The Morgan fingerprint density at radius 3 is 1.07 bits per heavy atom. The highest BCUT2D eigenvalue weighted by molar-refractivity contribution is 8.01. The highest BCUT2D eigenvalue weighted by Crippen LogP contribution is 2.55. The lowest BCUT2D eigenvalue weighted by Gasteiger charge is -2.28. The van der Waals surface area contributed by atoms with Crippen molar-refractivity contribution in [2.24, 2.45) is 0 Å². The summed E-state index contributed by atoms with van der Waals surface area (Å²) in [5, 5.41) is 1.22. The number of benzene rings is 4. The first-order chi connectivity index (χ1) is 14.1. The summed E-state index contributed by atoms with van der Waals surface area (Å²) in [6.45, 7) is 0. The summed E-state index contributed by atoms with van der Waals surface area (Å²) in [4.78, 5) is 0.